The molecule has 0 aromatic heterocycles. The molecule has 0 radical (unpaired) electrons. The molecule has 0 fully saturated rings. The molecule has 0 saturated carbocycles. The van der Waals surface area contributed by atoms with Crippen LogP contribution < -0.4 is 9.47 Å². The number of nitrogens with zero attached hydrogens (tertiary/aromatic N) is 1. The van der Waals surface area contributed by atoms with Gasteiger partial charge in [-0.1, -0.05) is 0 Å². The van der Waals surface area contributed by atoms with E-state index in [4.69, 9.17) is 19.8 Å². The van der Waals surface area contributed by atoms with Crippen LogP contribution in [0.1, 0.15) is 5.56 Å². The third-order valence-corrected chi connectivity index (χ3v) is 3.53. The first-order chi connectivity index (χ1) is 8.96. The average Bonchev–Trinajstić information content (AvgIpc) is 2.35. The molecule has 0 saturated heterocycles. The lowest BCUT2D eigenvalue weighted by Crippen LogP contribution is -1.99. The van der Waals surface area contributed by atoms with E-state index in [0.29, 0.717) is 26.0 Å². The van der Waals surface area contributed by atoms with Crippen molar-refractivity contribution in [2.75, 3.05) is 14.2 Å². The summed E-state index contributed by atoms with van der Waals surface area (Å²) in [5.41, 5.74) is 0.0586. The minimum atomic E-state index is -1.30. The number of nitriles is 1. The Morgan fingerprint density at radius 3 is 2.37 bits per heavy atom. The fraction of sp³-hybridized carbons (Fsp3) is 0.167. The summed E-state index contributed by atoms with van der Waals surface area (Å²) >= 11 is 6.61. The van der Waals surface area contributed by atoms with Crippen molar-refractivity contribution in [3.05, 3.63) is 26.1 Å². The van der Waals surface area contributed by atoms with Gasteiger partial charge in [-0.2, -0.15) is 5.26 Å². The van der Waals surface area contributed by atoms with Gasteiger partial charge in [-0.25, -0.2) is 4.79 Å². The van der Waals surface area contributed by atoms with Crippen molar-refractivity contribution in [2.45, 2.75) is 0 Å². The Balaban J connectivity index is 3.54. The van der Waals surface area contributed by atoms with E-state index in [1.807, 2.05) is 0 Å². The Bertz CT molecular complexity index is 590. The minimum Gasteiger partial charge on any atom is -0.495 e. The van der Waals surface area contributed by atoms with E-state index in [2.05, 4.69) is 31.9 Å². The second kappa shape index (κ2) is 6.59. The first-order valence-electron chi connectivity index (χ1n) is 4.91. The van der Waals surface area contributed by atoms with E-state index >= 15 is 0 Å². The summed E-state index contributed by atoms with van der Waals surface area (Å²) in [6.07, 6.45) is 1.23. The van der Waals surface area contributed by atoms with Crippen LogP contribution in [0.5, 0.6) is 11.5 Å². The standard InChI is InChI=1S/C12H9Br2NO4/c1-18-10-6(3-7(5-15)12(16)17)4-8(13)11(19-2)9(10)14/h3-4H,1-2H3,(H,16,17). The molecule has 0 aliphatic rings. The number of ether oxygens (including phenoxy) is 2. The third-order valence-electron chi connectivity index (χ3n) is 2.22. The van der Waals surface area contributed by atoms with Crippen molar-refractivity contribution in [2.24, 2.45) is 0 Å². The first-order valence-corrected chi connectivity index (χ1v) is 6.49. The molecule has 0 amide bonds. The minimum absolute atomic E-state index is 0.383. The van der Waals surface area contributed by atoms with Gasteiger partial charge in [0, 0.05) is 5.56 Å². The monoisotopic (exact) mass is 389 g/mol. The van der Waals surface area contributed by atoms with Gasteiger partial charge in [-0.05, 0) is 44.0 Å². The molecule has 0 aliphatic heterocycles. The Kier molecular flexibility index (Phi) is 5.39. The zero-order valence-corrected chi connectivity index (χ0v) is 13.2. The molecule has 0 heterocycles. The number of aliphatic carboxylic acids is 1. The number of hydrogen-bond acceptors (Lipinski definition) is 4. The van der Waals surface area contributed by atoms with E-state index in [-0.39, 0.29) is 5.57 Å². The van der Waals surface area contributed by atoms with Gasteiger partial charge < -0.3 is 14.6 Å². The van der Waals surface area contributed by atoms with E-state index in [1.165, 1.54) is 20.3 Å². The van der Waals surface area contributed by atoms with Gasteiger partial charge >= 0.3 is 5.97 Å². The lowest BCUT2D eigenvalue weighted by Gasteiger charge is -2.13. The summed E-state index contributed by atoms with van der Waals surface area (Å²) in [5.74, 6) is -0.399. The van der Waals surface area contributed by atoms with Crippen LogP contribution in [0, 0.1) is 11.3 Å². The summed E-state index contributed by atoms with van der Waals surface area (Å²) in [4.78, 5) is 10.8. The zero-order chi connectivity index (χ0) is 14.6. The van der Waals surface area contributed by atoms with E-state index in [0.717, 1.165) is 0 Å². The molecule has 0 spiro atoms. The van der Waals surface area contributed by atoms with Crippen molar-refractivity contribution in [3.63, 3.8) is 0 Å². The van der Waals surface area contributed by atoms with Crippen LogP contribution >= 0.6 is 31.9 Å². The molecule has 0 bridgehead atoms. The second-order valence-corrected chi connectivity index (χ2v) is 4.95. The first kappa shape index (κ1) is 15.5. The third kappa shape index (κ3) is 3.28. The summed E-state index contributed by atoms with van der Waals surface area (Å²) < 4.78 is 11.5. The number of methoxy groups -OCH3 is 2. The van der Waals surface area contributed by atoms with Crippen LogP contribution in [-0.4, -0.2) is 25.3 Å². The maximum Gasteiger partial charge on any atom is 0.346 e. The molecule has 0 atom stereocenters. The lowest BCUT2D eigenvalue weighted by atomic mass is 10.1. The zero-order valence-electron chi connectivity index (χ0n) is 10.0. The normalized spacial score (nSPS) is 10.8. The second-order valence-electron chi connectivity index (χ2n) is 3.30. The van der Waals surface area contributed by atoms with Gasteiger partial charge in [0.15, 0.2) is 5.75 Å². The molecular weight excluding hydrogens is 382 g/mol. The van der Waals surface area contributed by atoms with Crippen molar-refractivity contribution in [1.29, 1.82) is 5.26 Å². The van der Waals surface area contributed by atoms with Gasteiger partial charge in [-0.15, -0.1) is 0 Å². The van der Waals surface area contributed by atoms with Crippen LogP contribution in [0.3, 0.4) is 0 Å². The highest BCUT2D eigenvalue weighted by Gasteiger charge is 2.17. The maximum atomic E-state index is 10.8. The number of hydrogen-bond donors (Lipinski definition) is 1. The fourth-order valence-electron chi connectivity index (χ4n) is 1.40. The molecule has 100 valence electrons. The van der Waals surface area contributed by atoms with Crippen LogP contribution in [0.4, 0.5) is 0 Å². The molecule has 7 heteroatoms. The van der Waals surface area contributed by atoms with Gasteiger partial charge in [0.2, 0.25) is 0 Å². The summed E-state index contributed by atoms with van der Waals surface area (Å²) in [5, 5.41) is 17.6. The number of rotatable bonds is 4. The molecule has 0 aliphatic carbocycles. The predicted molar refractivity (Wildman–Crippen MR) is 76.2 cm³/mol. The predicted octanol–water partition coefficient (Wildman–Crippen LogP) is 3.22. The average molecular weight is 391 g/mol. The van der Waals surface area contributed by atoms with Crippen molar-refractivity contribution >= 4 is 43.9 Å². The molecule has 1 rings (SSSR count). The molecular formula is C12H9Br2NO4. The number of benzene rings is 1. The van der Waals surface area contributed by atoms with Gasteiger partial charge in [0.1, 0.15) is 21.9 Å². The summed E-state index contributed by atoms with van der Waals surface area (Å²) in [6.45, 7) is 0. The Morgan fingerprint density at radius 1 is 1.37 bits per heavy atom. The Hall–Kier alpha value is -1.52. The lowest BCUT2D eigenvalue weighted by molar-refractivity contribution is -0.132. The summed E-state index contributed by atoms with van der Waals surface area (Å²) in [6, 6.07) is 3.23. The molecule has 0 unspecified atom stereocenters. The maximum absolute atomic E-state index is 10.8. The van der Waals surface area contributed by atoms with Crippen LogP contribution in [0.25, 0.3) is 6.08 Å². The van der Waals surface area contributed by atoms with Crippen LogP contribution in [0.2, 0.25) is 0 Å². The molecule has 1 N–H and O–H groups in total. The van der Waals surface area contributed by atoms with Crippen molar-refractivity contribution in [1.82, 2.24) is 0 Å². The van der Waals surface area contributed by atoms with Crippen molar-refractivity contribution < 1.29 is 19.4 Å². The Morgan fingerprint density at radius 2 is 1.95 bits per heavy atom. The van der Waals surface area contributed by atoms with Gasteiger partial charge in [-0.3, -0.25) is 0 Å². The highest BCUT2D eigenvalue weighted by molar-refractivity contribution is 9.11. The highest BCUT2D eigenvalue weighted by atomic mass is 79.9. The number of halogens is 2. The number of carboxylic acid groups (broad SMARTS) is 1. The summed E-state index contributed by atoms with van der Waals surface area (Å²) in [7, 11) is 2.94. The van der Waals surface area contributed by atoms with Crippen LogP contribution in [-0.2, 0) is 4.79 Å². The number of carboxylic acids is 1. The fourth-order valence-corrected chi connectivity index (χ4v) is 3.04. The van der Waals surface area contributed by atoms with Crippen molar-refractivity contribution in [3.8, 4) is 17.6 Å². The van der Waals surface area contributed by atoms with E-state index < -0.39 is 5.97 Å². The van der Waals surface area contributed by atoms with E-state index in [9.17, 15) is 4.79 Å². The molecule has 1 aromatic rings. The van der Waals surface area contributed by atoms with Crippen LogP contribution in [0.15, 0.2) is 20.6 Å². The largest absolute Gasteiger partial charge is 0.495 e. The highest BCUT2D eigenvalue weighted by Crippen LogP contribution is 2.43. The van der Waals surface area contributed by atoms with E-state index in [1.54, 1.807) is 12.1 Å². The smallest absolute Gasteiger partial charge is 0.346 e. The molecule has 5 nitrogen and oxygen atoms in total. The van der Waals surface area contributed by atoms with Gasteiger partial charge in [0.25, 0.3) is 0 Å². The quantitative estimate of drug-likeness (QED) is 0.630. The topological polar surface area (TPSA) is 79.5 Å². The van der Waals surface area contributed by atoms with Gasteiger partial charge in [0.05, 0.1) is 18.7 Å². The molecule has 1 aromatic carbocycles. The molecule has 19 heavy (non-hydrogen) atoms. The SMILES string of the molecule is COc1c(Br)cc(C=C(C#N)C(=O)O)c(OC)c1Br. The number of carbonyl (C=O) groups is 1. The Labute approximate surface area is 126 Å².